The van der Waals surface area contributed by atoms with Crippen LogP contribution in [0.5, 0.6) is 0 Å². The average molecular weight is 344 g/mol. The second kappa shape index (κ2) is 6.97. The highest BCUT2D eigenvalue weighted by Crippen LogP contribution is 2.33. The number of thiazole rings is 1. The molecule has 5 nitrogen and oxygen atoms in total. The van der Waals surface area contributed by atoms with Crippen LogP contribution in [0.3, 0.4) is 0 Å². The molecule has 128 valence electrons. The largest absolute Gasteiger partial charge is 0.342 e. The second-order valence-corrected chi connectivity index (χ2v) is 8.29. The number of hydrogen-bond donors (Lipinski definition) is 0. The normalized spacial score (nSPS) is 16.4. The lowest BCUT2D eigenvalue weighted by Gasteiger charge is -2.31. The van der Waals surface area contributed by atoms with Crippen molar-refractivity contribution in [3.63, 3.8) is 0 Å². The first kappa shape index (κ1) is 17.0. The summed E-state index contributed by atoms with van der Waals surface area (Å²) in [6.07, 6.45) is 7.28. The maximum atomic E-state index is 12.4. The van der Waals surface area contributed by atoms with Gasteiger partial charge < -0.3 is 4.90 Å². The van der Waals surface area contributed by atoms with Gasteiger partial charge in [0.2, 0.25) is 5.91 Å². The Kier molecular flexibility index (Phi) is 4.94. The molecule has 0 atom stereocenters. The van der Waals surface area contributed by atoms with Gasteiger partial charge in [0.25, 0.3) is 0 Å². The molecular formula is C18H24N4OS. The first-order chi connectivity index (χ1) is 11.4. The topological polar surface area (TPSA) is 59.0 Å². The SMILES string of the molecule is CC(C)(C)c1csc(C2CCN(C(=O)Cc3cncnc3)CC2)n1. The van der Waals surface area contributed by atoms with E-state index in [4.69, 9.17) is 4.98 Å². The monoisotopic (exact) mass is 344 g/mol. The number of piperidine rings is 1. The molecule has 0 saturated carbocycles. The number of carbonyl (C=O) groups excluding carboxylic acids is 1. The van der Waals surface area contributed by atoms with E-state index in [1.54, 1.807) is 23.7 Å². The van der Waals surface area contributed by atoms with Crippen molar-refractivity contribution in [1.29, 1.82) is 0 Å². The first-order valence-electron chi connectivity index (χ1n) is 8.41. The van der Waals surface area contributed by atoms with Crippen LogP contribution in [0.1, 0.15) is 55.8 Å². The molecule has 2 aromatic heterocycles. The van der Waals surface area contributed by atoms with E-state index >= 15 is 0 Å². The van der Waals surface area contributed by atoms with Crippen molar-refractivity contribution in [1.82, 2.24) is 19.9 Å². The van der Waals surface area contributed by atoms with Crippen LogP contribution >= 0.6 is 11.3 Å². The van der Waals surface area contributed by atoms with E-state index in [0.717, 1.165) is 31.5 Å². The molecule has 0 aromatic carbocycles. The molecule has 0 unspecified atom stereocenters. The average Bonchev–Trinajstić information content (AvgIpc) is 3.06. The van der Waals surface area contributed by atoms with Crippen molar-refractivity contribution >= 4 is 17.2 Å². The molecule has 1 aliphatic rings. The third kappa shape index (κ3) is 3.98. The fraction of sp³-hybridized carbons (Fsp3) is 0.556. The summed E-state index contributed by atoms with van der Waals surface area (Å²) in [6, 6.07) is 0. The van der Waals surface area contributed by atoms with Gasteiger partial charge in [0.05, 0.1) is 17.1 Å². The lowest BCUT2D eigenvalue weighted by Crippen LogP contribution is -2.38. The third-order valence-corrected chi connectivity index (χ3v) is 5.46. The number of hydrogen-bond acceptors (Lipinski definition) is 5. The van der Waals surface area contributed by atoms with Crippen LogP contribution in [0.4, 0.5) is 0 Å². The molecule has 3 heterocycles. The van der Waals surface area contributed by atoms with Gasteiger partial charge in [0.1, 0.15) is 6.33 Å². The van der Waals surface area contributed by atoms with Gasteiger partial charge in [-0.05, 0) is 18.4 Å². The van der Waals surface area contributed by atoms with Gasteiger partial charge in [0, 0.05) is 42.2 Å². The summed E-state index contributed by atoms with van der Waals surface area (Å²) in [4.78, 5) is 27.1. The zero-order valence-corrected chi connectivity index (χ0v) is 15.3. The molecule has 3 rings (SSSR count). The highest BCUT2D eigenvalue weighted by atomic mass is 32.1. The third-order valence-electron chi connectivity index (χ3n) is 4.46. The van der Waals surface area contributed by atoms with Gasteiger partial charge in [0.15, 0.2) is 0 Å². The van der Waals surface area contributed by atoms with Crippen LogP contribution in [0, 0.1) is 0 Å². The summed E-state index contributed by atoms with van der Waals surface area (Å²) in [5.41, 5.74) is 2.15. The summed E-state index contributed by atoms with van der Waals surface area (Å²) >= 11 is 1.76. The number of nitrogens with zero attached hydrogens (tertiary/aromatic N) is 4. The highest BCUT2D eigenvalue weighted by molar-refractivity contribution is 7.09. The van der Waals surface area contributed by atoms with Crippen molar-refractivity contribution in [2.24, 2.45) is 0 Å². The molecule has 0 N–H and O–H groups in total. The van der Waals surface area contributed by atoms with Crippen molar-refractivity contribution in [2.75, 3.05) is 13.1 Å². The quantitative estimate of drug-likeness (QED) is 0.858. The Morgan fingerprint density at radius 2 is 1.92 bits per heavy atom. The number of rotatable bonds is 3. The molecule has 1 fully saturated rings. The lowest BCUT2D eigenvalue weighted by atomic mass is 9.93. The molecule has 24 heavy (non-hydrogen) atoms. The maximum absolute atomic E-state index is 12.4. The molecule has 0 radical (unpaired) electrons. The van der Waals surface area contributed by atoms with Crippen LogP contribution in [0.15, 0.2) is 24.1 Å². The number of amides is 1. The van der Waals surface area contributed by atoms with Crippen molar-refractivity contribution in [3.05, 3.63) is 40.4 Å². The van der Waals surface area contributed by atoms with E-state index in [1.807, 2.05) is 4.90 Å². The molecule has 1 aliphatic heterocycles. The molecule has 0 aliphatic carbocycles. The maximum Gasteiger partial charge on any atom is 0.227 e. The summed E-state index contributed by atoms with van der Waals surface area (Å²) in [5, 5.41) is 3.41. The van der Waals surface area contributed by atoms with Crippen molar-refractivity contribution < 1.29 is 4.79 Å². The van der Waals surface area contributed by atoms with Crippen LogP contribution in [-0.2, 0) is 16.6 Å². The summed E-state index contributed by atoms with van der Waals surface area (Å²) in [5.74, 6) is 0.646. The van der Waals surface area contributed by atoms with Crippen LogP contribution in [0.2, 0.25) is 0 Å². The zero-order valence-electron chi connectivity index (χ0n) is 14.5. The minimum atomic E-state index is 0.100. The van der Waals surface area contributed by atoms with Gasteiger partial charge in [-0.3, -0.25) is 4.79 Å². The highest BCUT2D eigenvalue weighted by Gasteiger charge is 2.27. The lowest BCUT2D eigenvalue weighted by molar-refractivity contribution is -0.131. The van der Waals surface area contributed by atoms with E-state index in [2.05, 4.69) is 36.1 Å². The van der Waals surface area contributed by atoms with E-state index in [-0.39, 0.29) is 11.3 Å². The van der Waals surface area contributed by atoms with Gasteiger partial charge in [-0.1, -0.05) is 20.8 Å². The molecule has 0 spiro atoms. The van der Waals surface area contributed by atoms with Gasteiger partial charge in [-0.15, -0.1) is 11.3 Å². The Bertz CT molecular complexity index is 685. The second-order valence-electron chi connectivity index (χ2n) is 7.40. The summed E-state index contributed by atoms with van der Waals surface area (Å²) in [7, 11) is 0. The summed E-state index contributed by atoms with van der Waals surface area (Å²) < 4.78 is 0. The number of carbonyl (C=O) groups is 1. The summed E-state index contributed by atoms with van der Waals surface area (Å²) in [6.45, 7) is 8.20. The molecule has 1 amide bonds. The van der Waals surface area contributed by atoms with E-state index in [1.165, 1.54) is 17.0 Å². The Balaban J connectivity index is 1.56. The van der Waals surface area contributed by atoms with E-state index in [0.29, 0.717) is 12.3 Å². The molecule has 2 aromatic rings. The van der Waals surface area contributed by atoms with Gasteiger partial charge >= 0.3 is 0 Å². The Morgan fingerprint density at radius 1 is 1.25 bits per heavy atom. The fourth-order valence-electron chi connectivity index (χ4n) is 2.90. The van der Waals surface area contributed by atoms with Crippen molar-refractivity contribution in [2.45, 2.75) is 51.4 Å². The Labute approximate surface area is 147 Å². The smallest absolute Gasteiger partial charge is 0.227 e. The van der Waals surface area contributed by atoms with Crippen LogP contribution in [-0.4, -0.2) is 38.8 Å². The molecular weight excluding hydrogens is 320 g/mol. The predicted octanol–water partition coefficient (Wildman–Crippen LogP) is 3.18. The van der Waals surface area contributed by atoms with Crippen molar-refractivity contribution in [3.8, 4) is 0 Å². The number of likely N-dealkylation sites (tertiary alicyclic amines) is 1. The standard InChI is InChI=1S/C18H24N4OS/c1-18(2,3)15-11-24-17(21-15)14-4-6-22(7-5-14)16(23)8-13-9-19-12-20-10-13/h9-12,14H,4-8H2,1-3H3. The Morgan fingerprint density at radius 3 is 2.50 bits per heavy atom. The van der Waals surface area contributed by atoms with Crippen LogP contribution < -0.4 is 0 Å². The fourth-order valence-corrected chi connectivity index (χ4v) is 4.12. The molecule has 0 bridgehead atoms. The first-order valence-corrected chi connectivity index (χ1v) is 9.29. The van der Waals surface area contributed by atoms with Gasteiger partial charge in [-0.25, -0.2) is 15.0 Å². The number of aromatic nitrogens is 3. The predicted molar refractivity (Wildman–Crippen MR) is 95.1 cm³/mol. The van der Waals surface area contributed by atoms with Gasteiger partial charge in [-0.2, -0.15) is 0 Å². The minimum Gasteiger partial charge on any atom is -0.342 e. The molecule has 6 heteroatoms. The minimum absolute atomic E-state index is 0.100. The van der Waals surface area contributed by atoms with E-state index in [9.17, 15) is 4.79 Å². The van der Waals surface area contributed by atoms with Crippen LogP contribution in [0.25, 0.3) is 0 Å². The van der Waals surface area contributed by atoms with E-state index < -0.39 is 0 Å². The zero-order chi connectivity index (χ0) is 17.2. The molecule has 1 saturated heterocycles. The Hall–Kier alpha value is -1.82.